The maximum atomic E-state index is 12.6. The number of hydrogen-bond acceptors (Lipinski definition) is 8. The Bertz CT molecular complexity index is 1220. The first kappa shape index (κ1) is 34.6. The number of quaternary nitrogens is 1. The van der Waals surface area contributed by atoms with Gasteiger partial charge < -0.3 is 5.11 Å². The molecule has 0 heterocycles. The first-order valence-electron chi connectivity index (χ1n) is 16.3. The molecule has 4 rings (SSSR count). The van der Waals surface area contributed by atoms with Gasteiger partial charge in [0.2, 0.25) is 0 Å². The predicted octanol–water partition coefficient (Wildman–Crippen LogP) is 5.11. The zero-order valence-electron chi connectivity index (χ0n) is 26.6. The molecule has 0 saturated heterocycles. The van der Waals surface area contributed by atoms with Crippen LogP contribution in [0, 0.1) is 17.8 Å². The Morgan fingerprint density at radius 1 is 1.00 bits per heavy atom. The van der Waals surface area contributed by atoms with E-state index in [4.69, 9.17) is 14.0 Å². The number of hydrogen-bond donors (Lipinski definition) is 4. The van der Waals surface area contributed by atoms with Gasteiger partial charge in [0.25, 0.3) is 0 Å². The SMILES string of the molecule is CCCCC[C@H](O)CC[C@H]1CC[C@@H]2Cc3c(cccc3OCC(=O)OCC[N+](C)(C)Cc3ccccc3O[PH](O)(O)O)C[C@H]12. The Morgan fingerprint density at radius 2 is 1.77 bits per heavy atom. The molecule has 2 aliphatic carbocycles. The van der Waals surface area contributed by atoms with Crippen LogP contribution in [-0.4, -0.2) is 70.2 Å². The molecule has 246 valence electrons. The van der Waals surface area contributed by atoms with Gasteiger partial charge in [0.15, 0.2) is 0 Å². The molecule has 4 atom stereocenters. The number of carbonyl (C=O) groups excluding carboxylic acids is 1. The van der Waals surface area contributed by atoms with Gasteiger partial charge in [-0.1, -0.05) is 38.3 Å². The number of rotatable bonds is 17. The fraction of sp³-hybridized carbons (Fsp3) is 0.618. The van der Waals surface area contributed by atoms with Crippen molar-refractivity contribution in [1.29, 1.82) is 0 Å². The number of fused-ring (bicyclic) bond motifs is 2. The Labute approximate surface area is 263 Å². The molecule has 1 fully saturated rings. The maximum absolute atomic E-state index is 12.6. The molecule has 0 aromatic heterocycles. The molecule has 10 heteroatoms. The largest absolute Gasteiger partial charge is 0.0314 e. The van der Waals surface area contributed by atoms with Crippen LogP contribution in [0.1, 0.15) is 75.0 Å². The molecule has 4 N–H and O–H groups in total. The summed E-state index contributed by atoms with van der Waals surface area (Å²) in [4.78, 5) is 40.7. The van der Waals surface area contributed by atoms with Gasteiger partial charge in [-0.3, -0.25) is 0 Å². The standard InChI is InChI=1S/C34H53NO8P/c1-4-5-6-12-29(36)18-17-25-15-16-27-22-31-26(21-30(25)27)11-9-14-33(31)42-24-34(37)41-20-19-35(2,3)23-28-10-7-8-13-32(28)43-44(38,39)40/h7-11,13-14,25,27,29-30,36,38-40,44H,4-6,12,15-24H2,1-3H3/q+1/t25-,27-,29+,30-/m1/s1. The number of para-hydroxylation sites is 1. The van der Waals surface area contributed by atoms with E-state index in [1.165, 1.54) is 36.8 Å². The van der Waals surface area contributed by atoms with Crippen LogP contribution in [0.25, 0.3) is 0 Å². The van der Waals surface area contributed by atoms with Gasteiger partial charge in [-0.25, -0.2) is 0 Å². The summed E-state index contributed by atoms with van der Waals surface area (Å²) in [5, 5.41) is 10.4. The van der Waals surface area contributed by atoms with Crippen molar-refractivity contribution in [2.24, 2.45) is 17.8 Å². The van der Waals surface area contributed by atoms with E-state index in [0.717, 1.165) is 44.3 Å². The van der Waals surface area contributed by atoms with Crippen LogP contribution < -0.4 is 9.26 Å². The fourth-order valence-electron chi connectivity index (χ4n) is 7.06. The third kappa shape index (κ3) is 10.4. The van der Waals surface area contributed by atoms with Crippen LogP contribution in [0.5, 0.6) is 11.5 Å². The summed E-state index contributed by atoms with van der Waals surface area (Å²) in [6.45, 7) is 3.22. The Balaban J connectivity index is 1.23. The molecule has 2 aromatic carbocycles. The van der Waals surface area contributed by atoms with Crippen LogP contribution in [0.2, 0.25) is 0 Å². The van der Waals surface area contributed by atoms with Gasteiger partial charge in [-0.2, -0.15) is 0 Å². The average molecular weight is 635 g/mol. The van der Waals surface area contributed by atoms with E-state index in [0.29, 0.717) is 40.9 Å². The van der Waals surface area contributed by atoms with Gasteiger partial charge >= 0.3 is 134 Å². The van der Waals surface area contributed by atoms with E-state index >= 15 is 0 Å². The molecule has 1 saturated carbocycles. The maximum Gasteiger partial charge on any atom is -0.0241 e. The van der Waals surface area contributed by atoms with Crippen molar-refractivity contribution in [3.05, 3.63) is 59.2 Å². The third-order valence-electron chi connectivity index (χ3n) is 9.41. The zero-order valence-corrected chi connectivity index (χ0v) is 27.6. The van der Waals surface area contributed by atoms with Crippen LogP contribution >= 0.6 is 8.17 Å². The summed E-state index contributed by atoms with van der Waals surface area (Å²) in [6.07, 6.45) is 10.7. The molecule has 0 radical (unpaired) electrons. The van der Waals surface area contributed by atoms with Crippen LogP contribution in [0.3, 0.4) is 0 Å². The number of unbranched alkanes of at least 4 members (excludes halogenated alkanes) is 2. The van der Waals surface area contributed by atoms with Crippen molar-refractivity contribution in [3.63, 3.8) is 0 Å². The van der Waals surface area contributed by atoms with Crippen LogP contribution in [0.15, 0.2) is 42.5 Å². The van der Waals surface area contributed by atoms with E-state index in [-0.39, 0.29) is 25.1 Å². The molecule has 0 amide bonds. The van der Waals surface area contributed by atoms with Gasteiger partial charge in [-0.05, 0) is 79.9 Å². The van der Waals surface area contributed by atoms with E-state index in [2.05, 4.69) is 13.0 Å². The van der Waals surface area contributed by atoms with Crippen molar-refractivity contribution in [2.75, 3.05) is 33.9 Å². The van der Waals surface area contributed by atoms with E-state index in [1.807, 2.05) is 32.3 Å². The van der Waals surface area contributed by atoms with E-state index in [9.17, 15) is 24.6 Å². The van der Waals surface area contributed by atoms with Crippen molar-refractivity contribution in [1.82, 2.24) is 0 Å². The Morgan fingerprint density at radius 3 is 2.55 bits per heavy atom. The van der Waals surface area contributed by atoms with E-state index in [1.54, 1.807) is 18.2 Å². The second-order valence-electron chi connectivity index (χ2n) is 13.4. The minimum absolute atomic E-state index is 0.149. The minimum Gasteiger partial charge on any atom is -0.0314 e. The second-order valence-corrected chi connectivity index (χ2v) is 14.8. The first-order chi connectivity index (χ1) is 20.9. The summed E-state index contributed by atoms with van der Waals surface area (Å²) in [5.41, 5.74) is 3.24. The summed E-state index contributed by atoms with van der Waals surface area (Å²) in [6, 6.07) is 13.0. The number of benzene rings is 2. The van der Waals surface area contributed by atoms with Gasteiger partial charge in [0, 0.05) is 0 Å². The quantitative estimate of drug-likeness (QED) is 0.0819. The smallest absolute Gasteiger partial charge is 0.0241 e. The topological polar surface area (TPSA) is 126 Å². The van der Waals surface area contributed by atoms with Gasteiger partial charge in [0.1, 0.15) is 0 Å². The molecular formula is C34H53NO8P+. The molecule has 0 bridgehead atoms. The van der Waals surface area contributed by atoms with Gasteiger partial charge in [-0.15, -0.1) is 0 Å². The Kier molecular flexibility index (Phi) is 12.5. The molecule has 0 aliphatic heterocycles. The van der Waals surface area contributed by atoms with Crippen molar-refractivity contribution >= 4 is 14.1 Å². The third-order valence-corrected chi connectivity index (χ3v) is 9.90. The van der Waals surface area contributed by atoms with Crippen LogP contribution in [0.4, 0.5) is 0 Å². The second kappa shape index (κ2) is 15.8. The van der Waals surface area contributed by atoms with Crippen molar-refractivity contribution < 1.29 is 43.1 Å². The monoisotopic (exact) mass is 634 g/mol. The zero-order chi connectivity index (χ0) is 31.7. The fourth-order valence-corrected chi connectivity index (χ4v) is 7.55. The molecule has 0 spiro atoms. The number of carbonyl (C=O) groups is 1. The summed E-state index contributed by atoms with van der Waals surface area (Å²) in [7, 11) is -0.777. The van der Waals surface area contributed by atoms with Crippen LogP contribution in [-0.2, 0) is 28.9 Å². The minimum atomic E-state index is -4.71. The number of aliphatic hydroxyl groups is 1. The number of ether oxygens (including phenoxy) is 2. The summed E-state index contributed by atoms with van der Waals surface area (Å²) < 4.78 is 16.9. The Hall–Kier alpha value is -2.26. The van der Waals surface area contributed by atoms with Gasteiger partial charge in [0.05, 0.1) is 6.10 Å². The normalized spacial score (nSPS) is 20.8. The molecule has 0 unspecified atom stereocenters. The molecular weight excluding hydrogens is 581 g/mol. The molecule has 2 aliphatic rings. The first-order valence-corrected chi connectivity index (χ1v) is 18.0. The molecule has 44 heavy (non-hydrogen) atoms. The summed E-state index contributed by atoms with van der Waals surface area (Å²) >= 11 is 0. The average Bonchev–Trinajstić information content (AvgIpc) is 3.35. The number of esters is 1. The predicted molar refractivity (Wildman–Crippen MR) is 172 cm³/mol. The van der Waals surface area contributed by atoms with Crippen molar-refractivity contribution in [2.45, 2.75) is 83.8 Å². The molecule has 9 nitrogen and oxygen atoms in total. The number of likely N-dealkylation sites (N-methyl/N-ethyl adjacent to an activating group) is 1. The summed E-state index contributed by atoms with van der Waals surface area (Å²) in [5.74, 6) is 2.53. The van der Waals surface area contributed by atoms with E-state index < -0.39 is 14.1 Å². The van der Waals surface area contributed by atoms with Crippen molar-refractivity contribution in [3.8, 4) is 11.5 Å². The molecule has 2 aromatic rings. The number of aliphatic hydroxyl groups excluding tert-OH is 1. The number of nitrogens with zero attached hydrogens (tertiary/aromatic N) is 1.